The predicted molar refractivity (Wildman–Crippen MR) is 73.0 cm³/mol. The minimum Gasteiger partial charge on any atom is -0.368 e. The summed E-state index contributed by atoms with van der Waals surface area (Å²) in [6, 6.07) is 1.15. The maximum absolute atomic E-state index is 11.4. The maximum Gasteiger partial charge on any atom is 0.237 e. The first-order valence-corrected chi connectivity index (χ1v) is 7.41. The molecule has 4 heteroatoms. The Morgan fingerprint density at radius 3 is 2.39 bits per heavy atom. The van der Waals surface area contributed by atoms with Gasteiger partial charge in [-0.3, -0.25) is 9.69 Å². The van der Waals surface area contributed by atoms with Gasteiger partial charge in [-0.2, -0.15) is 0 Å². The van der Waals surface area contributed by atoms with Crippen molar-refractivity contribution >= 4 is 5.91 Å². The van der Waals surface area contributed by atoms with E-state index in [-0.39, 0.29) is 5.91 Å². The number of nitrogens with two attached hydrogens (primary N) is 2. The Labute approximate surface area is 110 Å². The van der Waals surface area contributed by atoms with Gasteiger partial charge in [0.1, 0.15) is 0 Å². The first-order chi connectivity index (χ1) is 8.57. The number of carbonyl (C=O) groups is 1. The van der Waals surface area contributed by atoms with Gasteiger partial charge in [0.15, 0.2) is 0 Å². The van der Waals surface area contributed by atoms with Gasteiger partial charge in [-0.05, 0) is 38.6 Å². The summed E-state index contributed by atoms with van der Waals surface area (Å²) in [4.78, 5) is 14.0. The number of amides is 1. The second kappa shape index (κ2) is 5.57. The fourth-order valence-corrected chi connectivity index (χ4v) is 3.78. The van der Waals surface area contributed by atoms with Crippen LogP contribution in [0.25, 0.3) is 0 Å². The van der Waals surface area contributed by atoms with Crippen LogP contribution in [-0.2, 0) is 4.79 Å². The molecular weight excluding hydrogens is 226 g/mol. The Bertz CT molecular complexity index is 301. The second-order valence-corrected chi connectivity index (χ2v) is 6.04. The van der Waals surface area contributed by atoms with E-state index >= 15 is 0 Å². The van der Waals surface area contributed by atoms with Crippen LogP contribution in [0.1, 0.15) is 58.3 Å². The van der Waals surface area contributed by atoms with Crippen molar-refractivity contribution in [3.63, 3.8) is 0 Å². The lowest BCUT2D eigenvalue weighted by atomic mass is 9.92. The van der Waals surface area contributed by atoms with E-state index in [9.17, 15) is 4.79 Å². The Hall–Kier alpha value is -0.610. The smallest absolute Gasteiger partial charge is 0.237 e. The van der Waals surface area contributed by atoms with Gasteiger partial charge in [0.2, 0.25) is 5.91 Å². The molecule has 4 nitrogen and oxygen atoms in total. The fraction of sp³-hybridized carbons (Fsp3) is 0.929. The van der Waals surface area contributed by atoms with Gasteiger partial charge in [-0.15, -0.1) is 0 Å². The van der Waals surface area contributed by atoms with Gasteiger partial charge >= 0.3 is 0 Å². The molecule has 0 spiro atoms. The quantitative estimate of drug-likeness (QED) is 0.795. The highest BCUT2D eigenvalue weighted by Crippen LogP contribution is 2.34. The van der Waals surface area contributed by atoms with Crippen LogP contribution in [-0.4, -0.2) is 35.0 Å². The minimum atomic E-state index is -0.757. The third-order valence-corrected chi connectivity index (χ3v) is 4.89. The predicted octanol–water partition coefficient (Wildman–Crippen LogP) is 1.38. The summed E-state index contributed by atoms with van der Waals surface area (Å²) in [5, 5.41) is 0. The second-order valence-electron chi connectivity index (χ2n) is 6.04. The molecule has 1 amide bonds. The SMILES string of the molecule is CCN(C1CCCCC1)C1CCC(N)(C(N)=O)C1. The summed E-state index contributed by atoms with van der Waals surface area (Å²) in [6.45, 7) is 3.28. The Balaban J connectivity index is 1.99. The van der Waals surface area contributed by atoms with E-state index in [1.807, 2.05) is 0 Å². The standard InChI is InChI=1S/C14H27N3O/c1-2-17(11-6-4-3-5-7-11)12-8-9-14(16,10-12)13(15)18/h11-12H,2-10,16H2,1H3,(H2,15,18). The zero-order valence-corrected chi connectivity index (χ0v) is 11.5. The van der Waals surface area contributed by atoms with E-state index in [1.54, 1.807) is 0 Å². The van der Waals surface area contributed by atoms with Crippen molar-refractivity contribution in [1.82, 2.24) is 4.90 Å². The molecule has 2 rings (SSSR count). The van der Waals surface area contributed by atoms with E-state index in [4.69, 9.17) is 11.5 Å². The molecular formula is C14H27N3O. The van der Waals surface area contributed by atoms with Gasteiger partial charge in [0.25, 0.3) is 0 Å². The van der Waals surface area contributed by atoms with Crippen molar-refractivity contribution in [2.24, 2.45) is 11.5 Å². The van der Waals surface area contributed by atoms with Crippen LogP contribution in [0.15, 0.2) is 0 Å². The highest BCUT2D eigenvalue weighted by molar-refractivity contribution is 5.84. The van der Waals surface area contributed by atoms with E-state index in [0.717, 1.165) is 25.8 Å². The first kappa shape index (κ1) is 13.8. The molecule has 0 aromatic rings. The number of hydrogen-bond donors (Lipinski definition) is 2. The summed E-state index contributed by atoms with van der Waals surface area (Å²) in [6.07, 6.45) is 9.18. The molecule has 2 aliphatic rings. The van der Waals surface area contributed by atoms with E-state index in [1.165, 1.54) is 32.1 Å². The number of carbonyl (C=O) groups excluding carboxylic acids is 1. The summed E-state index contributed by atoms with van der Waals surface area (Å²) in [5.74, 6) is -0.329. The van der Waals surface area contributed by atoms with Crippen LogP contribution < -0.4 is 11.5 Å². The van der Waals surface area contributed by atoms with E-state index in [2.05, 4.69) is 11.8 Å². The molecule has 0 aromatic carbocycles. The Kier molecular flexibility index (Phi) is 4.28. The van der Waals surface area contributed by atoms with Crippen molar-refractivity contribution in [3.05, 3.63) is 0 Å². The third kappa shape index (κ3) is 2.69. The summed E-state index contributed by atoms with van der Waals surface area (Å²) < 4.78 is 0. The Morgan fingerprint density at radius 2 is 1.89 bits per heavy atom. The molecule has 0 bridgehead atoms. The number of primary amides is 1. The monoisotopic (exact) mass is 253 g/mol. The van der Waals surface area contributed by atoms with Crippen molar-refractivity contribution in [1.29, 1.82) is 0 Å². The molecule has 18 heavy (non-hydrogen) atoms. The van der Waals surface area contributed by atoms with Crippen LogP contribution in [0.3, 0.4) is 0 Å². The van der Waals surface area contributed by atoms with Crippen LogP contribution in [0.5, 0.6) is 0 Å². The lowest BCUT2D eigenvalue weighted by Crippen LogP contribution is -2.52. The zero-order valence-electron chi connectivity index (χ0n) is 11.5. The van der Waals surface area contributed by atoms with Crippen LogP contribution in [0.2, 0.25) is 0 Å². The van der Waals surface area contributed by atoms with Crippen molar-refractivity contribution in [3.8, 4) is 0 Å². The maximum atomic E-state index is 11.4. The molecule has 0 heterocycles. The molecule has 2 atom stereocenters. The third-order valence-electron chi connectivity index (χ3n) is 4.89. The lowest BCUT2D eigenvalue weighted by molar-refractivity contribution is -0.123. The fourth-order valence-electron chi connectivity index (χ4n) is 3.78. The van der Waals surface area contributed by atoms with Crippen LogP contribution in [0.4, 0.5) is 0 Å². The highest BCUT2D eigenvalue weighted by Gasteiger charge is 2.43. The first-order valence-electron chi connectivity index (χ1n) is 7.41. The highest BCUT2D eigenvalue weighted by atomic mass is 16.1. The van der Waals surface area contributed by atoms with Gasteiger partial charge in [0, 0.05) is 12.1 Å². The van der Waals surface area contributed by atoms with Crippen molar-refractivity contribution in [2.75, 3.05) is 6.54 Å². The normalized spacial score (nSPS) is 34.1. The van der Waals surface area contributed by atoms with Gasteiger partial charge < -0.3 is 11.5 Å². The average Bonchev–Trinajstić information content (AvgIpc) is 2.76. The molecule has 0 saturated heterocycles. The molecule has 4 N–H and O–H groups in total. The topological polar surface area (TPSA) is 72.3 Å². The minimum absolute atomic E-state index is 0.329. The molecule has 104 valence electrons. The number of rotatable bonds is 4. The lowest BCUT2D eigenvalue weighted by Gasteiger charge is -2.38. The molecule has 0 aliphatic heterocycles. The number of hydrogen-bond acceptors (Lipinski definition) is 3. The van der Waals surface area contributed by atoms with Gasteiger partial charge in [-0.25, -0.2) is 0 Å². The van der Waals surface area contributed by atoms with E-state index < -0.39 is 5.54 Å². The van der Waals surface area contributed by atoms with Gasteiger partial charge in [-0.1, -0.05) is 26.2 Å². The van der Waals surface area contributed by atoms with Gasteiger partial charge in [0.05, 0.1) is 5.54 Å². The molecule has 0 aromatic heterocycles. The van der Waals surface area contributed by atoms with Crippen LogP contribution in [0, 0.1) is 0 Å². The van der Waals surface area contributed by atoms with E-state index in [0.29, 0.717) is 12.1 Å². The number of nitrogens with zero attached hydrogens (tertiary/aromatic N) is 1. The molecule has 2 saturated carbocycles. The largest absolute Gasteiger partial charge is 0.368 e. The zero-order chi connectivity index (χ0) is 13.2. The molecule has 2 fully saturated rings. The summed E-state index contributed by atoms with van der Waals surface area (Å²) in [5.41, 5.74) is 10.8. The Morgan fingerprint density at radius 1 is 1.22 bits per heavy atom. The summed E-state index contributed by atoms with van der Waals surface area (Å²) >= 11 is 0. The van der Waals surface area contributed by atoms with Crippen molar-refractivity contribution in [2.45, 2.75) is 75.9 Å². The molecule has 0 radical (unpaired) electrons. The molecule has 2 aliphatic carbocycles. The molecule has 2 unspecified atom stereocenters. The van der Waals surface area contributed by atoms with Crippen LogP contribution >= 0.6 is 0 Å². The van der Waals surface area contributed by atoms with Crippen molar-refractivity contribution < 1.29 is 4.79 Å². The average molecular weight is 253 g/mol. The summed E-state index contributed by atoms with van der Waals surface area (Å²) in [7, 11) is 0.